The van der Waals surface area contributed by atoms with Gasteiger partial charge in [0.15, 0.2) is 0 Å². The number of hydrogen-bond donors (Lipinski definition) is 0. The maximum absolute atomic E-state index is 2.42. The minimum Gasteiger partial charge on any atom is -0.310 e. The Kier molecular flexibility index (Phi) is 6.41. The van der Waals surface area contributed by atoms with E-state index in [9.17, 15) is 0 Å². The Balaban J connectivity index is 1.22. The van der Waals surface area contributed by atoms with Gasteiger partial charge in [-0.05, 0) is 81.4 Å². The molecule has 0 amide bonds. The number of anilines is 3. The molecule has 0 radical (unpaired) electrons. The highest BCUT2D eigenvalue weighted by atomic mass is 32.1. The summed E-state index contributed by atoms with van der Waals surface area (Å²) in [4.78, 5) is 2.42. The van der Waals surface area contributed by atoms with Gasteiger partial charge < -0.3 is 4.90 Å². The van der Waals surface area contributed by atoms with Crippen LogP contribution in [-0.4, -0.2) is 0 Å². The van der Waals surface area contributed by atoms with Gasteiger partial charge in [0, 0.05) is 42.5 Å². The molecule has 0 aliphatic heterocycles. The number of hydrogen-bond acceptors (Lipinski definition) is 2. The van der Waals surface area contributed by atoms with Crippen LogP contribution in [0, 0.1) is 0 Å². The smallest absolute Gasteiger partial charge is 0.0540 e. The molecule has 47 heavy (non-hydrogen) atoms. The molecule has 224 valence electrons. The number of para-hydroxylation sites is 2. The fourth-order valence-electron chi connectivity index (χ4n) is 7.61. The molecule has 1 aromatic heterocycles. The zero-order valence-corrected chi connectivity index (χ0v) is 27.3. The first-order valence-electron chi connectivity index (χ1n) is 16.3. The number of thiophene rings is 1. The van der Waals surface area contributed by atoms with Crippen LogP contribution in [0.25, 0.3) is 53.6 Å². The monoisotopic (exact) mass is 619 g/mol. The standard InChI is InChI=1S/C45H33NS/c1-45(2)39-22-9-6-20-38(39)44-37(21-13-23-40(44)45)34-18-7-10-24-41(34)46(32-15-4-3-5-16-32)33-17-12-14-30(28-33)31-26-27-36-35-19-8-11-25-42(35)47-43(36)29-31/h3-29H,1-2H3. The van der Waals surface area contributed by atoms with Gasteiger partial charge in [-0.1, -0.05) is 135 Å². The van der Waals surface area contributed by atoms with Crippen LogP contribution in [0.3, 0.4) is 0 Å². The third kappa shape index (κ3) is 4.44. The van der Waals surface area contributed by atoms with Gasteiger partial charge in [0.2, 0.25) is 0 Å². The van der Waals surface area contributed by atoms with Gasteiger partial charge >= 0.3 is 0 Å². The molecule has 0 saturated carbocycles. The molecular weight excluding hydrogens is 587 g/mol. The summed E-state index contributed by atoms with van der Waals surface area (Å²) in [6, 6.07) is 60.0. The summed E-state index contributed by atoms with van der Waals surface area (Å²) in [5.74, 6) is 0. The van der Waals surface area contributed by atoms with Crippen molar-refractivity contribution in [3.8, 4) is 33.4 Å². The molecule has 2 heteroatoms. The van der Waals surface area contributed by atoms with E-state index in [1.54, 1.807) is 0 Å². The fourth-order valence-corrected chi connectivity index (χ4v) is 8.76. The predicted molar refractivity (Wildman–Crippen MR) is 202 cm³/mol. The van der Waals surface area contributed by atoms with Gasteiger partial charge in [-0.2, -0.15) is 0 Å². The Morgan fingerprint density at radius 3 is 1.98 bits per heavy atom. The van der Waals surface area contributed by atoms with E-state index in [0.29, 0.717) is 0 Å². The van der Waals surface area contributed by atoms with E-state index in [-0.39, 0.29) is 5.41 Å². The van der Waals surface area contributed by atoms with E-state index in [2.05, 4.69) is 183 Å². The fraction of sp³-hybridized carbons (Fsp3) is 0.0667. The van der Waals surface area contributed by atoms with E-state index in [4.69, 9.17) is 0 Å². The lowest BCUT2D eigenvalue weighted by atomic mass is 9.82. The molecule has 0 saturated heterocycles. The second-order valence-electron chi connectivity index (χ2n) is 12.9. The third-order valence-corrected chi connectivity index (χ3v) is 11.0. The zero-order chi connectivity index (χ0) is 31.5. The van der Waals surface area contributed by atoms with E-state index < -0.39 is 0 Å². The van der Waals surface area contributed by atoms with Crippen molar-refractivity contribution in [3.63, 3.8) is 0 Å². The second kappa shape index (κ2) is 10.8. The first-order valence-corrected chi connectivity index (χ1v) is 17.1. The van der Waals surface area contributed by atoms with Crippen LogP contribution in [0.2, 0.25) is 0 Å². The summed E-state index contributed by atoms with van der Waals surface area (Å²) in [5.41, 5.74) is 13.7. The van der Waals surface area contributed by atoms with Crippen molar-refractivity contribution < 1.29 is 0 Å². The summed E-state index contributed by atoms with van der Waals surface area (Å²) in [6.45, 7) is 4.70. The molecule has 0 atom stereocenters. The highest BCUT2D eigenvalue weighted by Gasteiger charge is 2.37. The lowest BCUT2D eigenvalue weighted by Crippen LogP contribution is -2.14. The van der Waals surface area contributed by atoms with Gasteiger partial charge in [-0.15, -0.1) is 11.3 Å². The molecule has 1 nitrogen and oxygen atoms in total. The summed E-state index contributed by atoms with van der Waals surface area (Å²) in [7, 11) is 0. The Labute approximate surface area is 280 Å². The number of fused-ring (bicyclic) bond motifs is 6. The Hall–Kier alpha value is -5.44. The van der Waals surface area contributed by atoms with Crippen LogP contribution in [0.4, 0.5) is 17.1 Å². The van der Waals surface area contributed by atoms with Crippen molar-refractivity contribution in [2.75, 3.05) is 4.90 Å². The minimum absolute atomic E-state index is 0.0557. The number of rotatable bonds is 5. The summed E-state index contributed by atoms with van der Waals surface area (Å²) in [6.07, 6.45) is 0. The predicted octanol–water partition coefficient (Wildman–Crippen LogP) is 13.2. The van der Waals surface area contributed by atoms with E-state index in [1.807, 2.05) is 11.3 Å². The highest BCUT2D eigenvalue weighted by Crippen LogP contribution is 2.53. The third-order valence-electron chi connectivity index (χ3n) is 9.87. The summed E-state index contributed by atoms with van der Waals surface area (Å²) >= 11 is 1.87. The molecule has 1 heterocycles. The topological polar surface area (TPSA) is 3.24 Å². The quantitative estimate of drug-likeness (QED) is 0.185. The molecular formula is C45H33NS. The summed E-state index contributed by atoms with van der Waals surface area (Å²) in [5, 5.41) is 2.66. The van der Waals surface area contributed by atoms with Crippen LogP contribution < -0.4 is 4.90 Å². The van der Waals surface area contributed by atoms with Crippen molar-refractivity contribution >= 4 is 48.6 Å². The Bertz CT molecular complexity index is 2450. The molecule has 8 aromatic rings. The Morgan fingerprint density at radius 2 is 1.09 bits per heavy atom. The number of benzene rings is 7. The van der Waals surface area contributed by atoms with Crippen LogP contribution in [0.15, 0.2) is 164 Å². The highest BCUT2D eigenvalue weighted by molar-refractivity contribution is 7.25. The lowest BCUT2D eigenvalue weighted by Gasteiger charge is -2.29. The van der Waals surface area contributed by atoms with Crippen LogP contribution in [0.5, 0.6) is 0 Å². The van der Waals surface area contributed by atoms with Gasteiger partial charge in [0.1, 0.15) is 0 Å². The minimum atomic E-state index is -0.0557. The van der Waals surface area contributed by atoms with Crippen molar-refractivity contribution in [1.29, 1.82) is 0 Å². The van der Waals surface area contributed by atoms with Crippen molar-refractivity contribution in [1.82, 2.24) is 0 Å². The molecule has 0 unspecified atom stereocenters. The first-order chi connectivity index (χ1) is 23.1. The van der Waals surface area contributed by atoms with Crippen LogP contribution >= 0.6 is 11.3 Å². The molecule has 1 aliphatic carbocycles. The average molecular weight is 620 g/mol. The molecule has 0 bridgehead atoms. The Morgan fingerprint density at radius 1 is 0.447 bits per heavy atom. The maximum atomic E-state index is 2.42. The molecule has 0 fully saturated rings. The van der Waals surface area contributed by atoms with Gasteiger partial charge in [0.05, 0.1) is 5.69 Å². The SMILES string of the molecule is CC1(C)c2ccccc2-c2c(-c3ccccc3N(c3ccccc3)c3cccc(-c4ccc5c(c4)sc4ccccc45)c3)cccc21. The van der Waals surface area contributed by atoms with E-state index in [0.717, 1.165) is 17.1 Å². The average Bonchev–Trinajstić information content (AvgIpc) is 3.61. The van der Waals surface area contributed by atoms with Gasteiger partial charge in [0.25, 0.3) is 0 Å². The van der Waals surface area contributed by atoms with Crippen molar-refractivity contribution in [2.45, 2.75) is 19.3 Å². The number of nitrogens with zero attached hydrogens (tertiary/aromatic N) is 1. The van der Waals surface area contributed by atoms with E-state index in [1.165, 1.54) is 64.7 Å². The molecule has 1 aliphatic rings. The van der Waals surface area contributed by atoms with Gasteiger partial charge in [-0.25, -0.2) is 0 Å². The maximum Gasteiger partial charge on any atom is 0.0540 e. The normalized spacial score (nSPS) is 13.1. The van der Waals surface area contributed by atoms with Gasteiger partial charge in [-0.3, -0.25) is 0 Å². The molecule has 0 spiro atoms. The van der Waals surface area contributed by atoms with E-state index >= 15 is 0 Å². The zero-order valence-electron chi connectivity index (χ0n) is 26.4. The largest absolute Gasteiger partial charge is 0.310 e. The van der Waals surface area contributed by atoms with Crippen molar-refractivity contribution in [2.24, 2.45) is 0 Å². The lowest BCUT2D eigenvalue weighted by molar-refractivity contribution is 0.660. The second-order valence-corrected chi connectivity index (χ2v) is 14.0. The summed E-state index contributed by atoms with van der Waals surface area (Å²) < 4.78 is 2.65. The van der Waals surface area contributed by atoms with Crippen molar-refractivity contribution in [3.05, 3.63) is 175 Å². The molecule has 0 N–H and O–H groups in total. The first kappa shape index (κ1) is 27.8. The van der Waals surface area contributed by atoms with Crippen LogP contribution in [0.1, 0.15) is 25.0 Å². The molecule has 7 aromatic carbocycles. The van der Waals surface area contributed by atoms with Crippen LogP contribution in [-0.2, 0) is 5.41 Å². The molecule has 9 rings (SSSR count).